The van der Waals surface area contributed by atoms with Crippen LogP contribution in [0.1, 0.15) is 26.7 Å². The molecule has 182 valence electrons. The molecule has 0 aliphatic heterocycles. The van der Waals surface area contributed by atoms with Crippen molar-refractivity contribution < 1.29 is 30.4 Å². The molecular formula is C21H27F2N3O5S2. The average molecular weight is 504 g/mol. The van der Waals surface area contributed by atoms with Crippen LogP contribution in [0.25, 0.3) is 0 Å². The number of nitrogens with zero attached hydrogens (tertiary/aromatic N) is 2. The van der Waals surface area contributed by atoms with E-state index in [2.05, 4.69) is 5.32 Å². The summed E-state index contributed by atoms with van der Waals surface area (Å²) in [6.07, 6.45) is 1.00. The third-order valence-corrected chi connectivity index (χ3v) is 8.10. The minimum Gasteiger partial charge on any atom is -0.326 e. The molecule has 0 fully saturated rings. The van der Waals surface area contributed by atoms with Gasteiger partial charge in [0.2, 0.25) is 26.0 Å². The highest BCUT2D eigenvalue weighted by Crippen LogP contribution is 2.22. The molecule has 0 radical (unpaired) electrons. The largest absolute Gasteiger partial charge is 0.326 e. The second-order valence-electron chi connectivity index (χ2n) is 7.20. The van der Waals surface area contributed by atoms with Gasteiger partial charge < -0.3 is 5.32 Å². The summed E-state index contributed by atoms with van der Waals surface area (Å²) in [5.41, 5.74) is 0.348. The van der Waals surface area contributed by atoms with Gasteiger partial charge in [0.05, 0.1) is 16.8 Å². The Hall–Kier alpha value is -2.57. The Balaban J connectivity index is 1.99. The van der Waals surface area contributed by atoms with Gasteiger partial charge in [-0.1, -0.05) is 13.8 Å². The van der Waals surface area contributed by atoms with Gasteiger partial charge in [-0.3, -0.25) is 9.10 Å². The van der Waals surface area contributed by atoms with E-state index >= 15 is 0 Å². The molecule has 0 atom stereocenters. The lowest BCUT2D eigenvalue weighted by Crippen LogP contribution is -2.31. The minimum absolute atomic E-state index is 0.0400. The van der Waals surface area contributed by atoms with Crippen LogP contribution in [0.5, 0.6) is 0 Å². The van der Waals surface area contributed by atoms with Gasteiger partial charge in [0.1, 0.15) is 0 Å². The molecule has 0 spiro atoms. The molecule has 12 heteroatoms. The second kappa shape index (κ2) is 11.0. The predicted octanol–water partition coefficient (Wildman–Crippen LogP) is 3.18. The zero-order valence-electron chi connectivity index (χ0n) is 18.6. The summed E-state index contributed by atoms with van der Waals surface area (Å²) in [4.78, 5) is 12.4. The molecule has 8 nitrogen and oxygen atoms in total. The molecule has 33 heavy (non-hydrogen) atoms. The molecule has 0 saturated carbocycles. The molecule has 1 N–H and O–H groups in total. The summed E-state index contributed by atoms with van der Waals surface area (Å²) in [6.45, 7) is 4.05. The maximum absolute atomic E-state index is 13.5. The SMILES string of the molecule is CCN(CC)S(=O)(=O)c1ccc(NC(=O)CCCN(c2ccc(F)c(F)c2)S(C)(=O)=O)cc1. The predicted molar refractivity (Wildman–Crippen MR) is 123 cm³/mol. The van der Waals surface area contributed by atoms with E-state index in [0.717, 1.165) is 28.8 Å². The Labute approximate surface area is 193 Å². The summed E-state index contributed by atoms with van der Waals surface area (Å²) in [6, 6.07) is 8.50. The van der Waals surface area contributed by atoms with E-state index < -0.39 is 37.6 Å². The Morgan fingerprint density at radius 1 is 0.939 bits per heavy atom. The van der Waals surface area contributed by atoms with Gasteiger partial charge in [-0.05, 0) is 42.8 Å². The average Bonchev–Trinajstić information content (AvgIpc) is 2.73. The highest BCUT2D eigenvalue weighted by molar-refractivity contribution is 7.92. The van der Waals surface area contributed by atoms with Crippen molar-refractivity contribution in [3.63, 3.8) is 0 Å². The van der Waals surface area contributed by atoms with Gasteiger partial charge in [0, 0.05) is 37.8 Å². The number of carbonyl (C=O) groups excluding carboxylic acids is 1. The number of anilines is 2. The van der Waals surface area contributed by atoms with Crippen LogP contribution in [0.2, 0.25) is 0 Å². The molecular weight excluding hydrogens is 476 g/mol. The van der Waals surface area contributed by atoms with Gasteiger partial charge in [-0.15, -0.1) is 0 Å². The first-order valence-corrected chi connectivity index (χ1v) is 13.5. The van der Waals surface area contributed by atoms with Gasteiger partial charge in [0.25, 0.3) is 0 Å². The number of nitrogens with one attached hydrogen (secondary N) is 1. The van der Waals surface area contributed by atoms with E-state index in [1.165, 1.54) is 28.6 Å². The number of benzene rings is 2. The molecule has 0 saturated heterocycles. The fraction of sp³-hybridized carbons (Fsp3) is 0.381. The Morgan fingerprint density at radius 2 is 1.55 bits per heavy atom. The molecule has 0 aliphatic carbocycles. The third kappa shape index (κ3) is 6.95. The van der Waals surface area contributed by atoms with Gasteiger partial charge in [-0.2, -0.15) is 4.31 Å². The van der Waals surface area contributed by atoms with Crippen molar-refractivity contribution >= 4 is 37.3 Å². The number of hydrogen-bond donors (Lipinski definition) is 1. The molecule has 0 bridgehead atoms. The molecule has 0 heterocycles. The smallest absolute Gasteiger partial charge is 0.243 e. The molecule has 0 aromatic heterocycles. The summed E-state index contributed by atoms with van der Waals surface area (Å²) in [5.74, 6) is -2.68. The number of sulfonamides is 2. The van der Waals surface area contributed by atoms with E-state index in [4.69, 9.17) is 0 Å². The van der Waals surface area contributed by atoms with Crippen LogP contribution < -0.4 is 9.62 Å². The minimum atomic E-state index is -3.78. The molecule has 0 unspecified atom stereocenters. The Kier molecular flexibility index (Phi) is 8.92. The lowest BCUT2D eigenvalue weighted by atomic mass is 10.2. The summed E-state index contributed by atoms with van der Waals surface area (Å²) in [7, 11) is -7.39. The first-order valence-electron chi connectivity index (χ1n) is 10.2. The summed E-state index contributed by atoms with van der Waals surface area (Å²) in [5, 5.41) is 2.62. The normalized spacial score (nSPS) is 12.1. The monoisotopic (exact) mass is 503 g/mol. The second-order valence-corrected chi connectivity index (χ2v) is 11.0. The number of halogens is 2. The van der Waals surface area contributed by atoms with Crippen molar-refractivity contribution in [3.8, 4) is 0 Å². The van der Waals surface area contributed by atoms with Crippen LogP contribution >= 0.6 is 0 Å². The fourth-order valence-corrected chi connectivity index (χ4v) is 5.57. The van der Waals surface area contributed by atoms with Crippen LogP contribution in [-0.4, -0.2) is 52.9 Å². The first kappa shape index (κ1) is 26.7. The van der Waals surface area contributed by atoms with Crippen LogP contribution in [0.3, 0.4) is 0 Å². The van der Waals surface area contributed by atoms with Gasteiger partial charge in [-0.25, -0.2) is 25.6 Å². The van der Waals surface area contributed by atoms with Crippen molar-refractivity contribution in [1.82, 2.24) is 4.31 Å². The van der Waals surface area contributed by atoms with Gasteiger partial charge in [0.15, 0.2) is 11.6 Å². The van der Waals surface area contributed by atoms with E-state index in [1.807, 2.05) is 0 Å². The van der Waals surface area contributed by atoms with E-state index in [1.54, 1.807) is 13.8 Å². The van der Waals surface area contributed by atoms with Crippen molar-refractivity contribution in [1.29, 1.82) is 0 Å². The lowest BCUT2D eigenvalue weighted by molar-refractivity contribution is -0.116. The van der Waals surface area contributed by atoms with Gasteiger partial charge >= 0.3 is 0 Å². The molecule has 1 amide bonds. The van der Waals surface area contributed by atoms with Crippen LogP contribution in [0, 0.1) is 11.6 Å². The maximum Gasteiger partial charge on any atom is 0.243 e. The van der Waals surface area contributed by atoms with E-state index in [0.29, 0.717) is 18.8 Å². The standard InChI is InChI=1S/C21H27F2N3O5S2/c1-4-25(5-2)33(30,31)18-11-8-16(9-12-18)24-21(27)7-6-14-26(32(3,28)29)17-10-13-19(22)20(23)15-17/h8-13,15H,4-7,14H2,1-3H3,(H,24,27). The fourth-order valence-electron chi connectivity index (χ4n) is 3.16. The zero-order valence-corrected chi connectivity index (χ0v) is 20.2. The molecule has 2 aromatic rings. The van der Waals surface area contributed by atoms with Crippen molar-refractivity contribution in [2.45, 2.75) is 31.6 Å². The topological polar surface area (TPSA) is 104 Å². The molecule has 0 aliphatic rings. The quantitative estimate of drug-likeness (QED) is 0.507. The maximum atomic E-state index is 13.5. The molecule has 2 rings (SSSR count). The number of rotatable bonds is 11. The Morgan fingerprint density at radius 3 is 2.06 bits per heavy atom. The third-order valence-electron chi connectivity index (χ3n) is 4.84. The summed E-state index contributed by atoms with van der Waals surface area (Å²) < 4.78 is 78.0. The van der Waals surface area contributed by atoms with Crippen LogP contribution in [0.15, 0.2) is 47.4 Å². The number of amides is 1. The van der Waals surface area contributed by atoms with E-state index in [-0.39, 0.29) is 30.0 Å². The van der Waals surface area contributed by atoms with Crippen molar-refractivity contribution in [2.24, 2.45) is 0 Å². The highest BCUT2D eigenvalue weighted by Gasteiger charge is 2.22. The van der Waals surface area contributed by atoms with Crippen molar-refractivity contribution in [2.75, 3.05) is 35.5 Å². The zero-order chi connectivity index (χ0) is 24.8. The van der Waals surface area contributed by atoms with Crippen LogP contribution in [-0.2, 0) is 24.8 Å². The Bertz CT molecular complexity index is 1180. The van der Waals surface area contributed by atoms with E-state index in [9.17, 15) is 30.4 Å². The summed E-state index contributed by atoms with van der Waals surface area (Å²) >= 11 is 0. The lowest BCUT2D eigenvalue weighted by Gasteiger charge is -2.22. The van der Waals surface area contributed by atoms with Crippen molar-refractivity contribution in [3.05, 3.63) is 54.1 Å². The van der Waals surface area contributed by atoms with Crippen LogP contribution in [0.4, 0.5) is 20.2 Å². The number of hydrogen-bond acceptors (Lipinski definition) is 5. The number of carbonyl (C=O) groups is 1. The molecule has 2 aromatic carbocycles. The highest BCUT2D eigenvalue weighted by atomic mass is 32.2. The first-order chi connectivity index (χ1) is 15.4.